The van der Waals surface area contributed by atoms with Crippen LogP contribution in [0.4, 0.5) is 4.39 Å². The van der Waals surface area contributed by atoms with Crippen molar-refractivity contribution >= 4 is 33.4 Å². The number of aromatic hydroxyl groups is 1. The summed E-state index contributed by atoms with van der Waals surface area (Å²) in [4.78, 5) is 6.87. The van der Waals surface area contributed by atoms with Crippen LogP contribution in [0, 0.1) is 5.82 Å². The Hall–Kier alpha value is -3.14. The van der Waals surface area contributed by atoms with Gasteiger partial charge in [-0.2, -0.15) is 5.10 Å². The van der Waals surface area contributed by atoms with Crippen molar-refractivity contribution in [1.82, 2.24) is 20.1 Å². The molecule has 2 aromatic carbocycles. The fourth-order valence-electron chi connectivity index (χ4n) is 4.74. The highest BCUT2D eigenvalue weighted by molar-refractivity contribution is 6.32. The lowest BCUT2D eigenvalue weighted by atomic mass is 10.00. The van der Waals surface area contributed by atoms with E-state index in [9.17, 15) is 5.11 Å². The van der Waals surface area contributed by atoms with E-state index in [2.05, 4.69) is 20.1 Å². The molecule has 0 bridgehead atoms. The van der Waals surface area contributed by atoms with Crippen molar-refractivity contribution in [1.29, 1.82) is 0 Å². The summed E-state index contributed by atoms with van der Waals surface area (Å²) in [5, 5.41) is 18.3. The van der Waals surface area contributed by atoms with E-state index in [0.717, 1.165) is 13.1 Å². The van der Waals surface area contributed by atoms with E-state index in [0.29, 0.717) is 52.3 Å². The summed E-state index contributed by atoms with van der Waals surface area (Å²) in [6, 6.07) is 5.94. The maximum Gasteiger partial charge on any atom is 0.169 e. The van der Waals surface area contributed by atoms with E-state index in [4.69, 9.17) is 25.8 Å². The molecule has 1 aliphatic rings. The number of H-pyrrole nitrogens is 1. The Morgan fingerprint density at radius 1 is 1.23 bits per heavy atom. The maximum atomic E-state index is 15.7. The molecule has 2 unspecified atom stereocenters. The molecule has 1 aliphatic heterocycles. The fourth-order valence-corrected chi connectivity index (χ4v) is 4.92. The monoisotopic (exact) mass is 500 g/mol. The Balaban J connectivity index is 1.57. The molecule has 3 heterocycles. The van der Waals surface area contributed by atoms with Crippen LogP contribution in [0.2, 0.25) is 5.02 Å². The molecule has 184 valence electrons. The number of methoxy groups -OCH3 is 1. The fraction of sp³-hybridized carbons (Fsp3) is 0.360. The number of nitrogens with zero attached hydrogens (tertiary/aromatic N) is 3. The van der Waals surface area contributed by atoms with Crippen LogP contribution >= 0.6 is 11.6 Å². The zero-order chi connectivity index (χ0) is 24.7. The van der Waals surface area contributed by atoms with Crippen LogP contribution < -0.4 is 9.47 Å². The molecule has 35 heavy (non-hydrogen) atoms. The first-order valence-electron chi connectivity index (χ1n) is 11.4. The number of morpholine rings is 1. The Morgan fingerprint density at radius 2 is 2.00 bits per heavy atom. The summed E-state index contributed by atoms with van der Waals surface area (Å²) in [5.41, 5.74) is 1.35. The highest BCUT2D eigenvalue weighted by Gasteiger charge is 2.24. The zero-order valence-electron chi connectivity index (χ0n) is 19.6. The van der Waals surface area contributed by atoms with Gasteiger partial charge >= 0.3 is 0 Å². The van der Waals surface area contributed by atoms with Gasteiger partial charge in [-0.25, -0.2) is 9.37 Å². The molecule has 2 atom stereocenters. The third kappa shape index (κ3) is 4.47. The number of hydrogen-bond acceptors (Lipinski definition) is 7. The van der Waals surface area contributed by atoms with Gasteiger partial charge in [-0.3, -0.25) is 10.00 Å². The van der Waals surface area contributed by atoms with E-state index in [1.54, 1.807) is 18.3 Å². The van der Waals surface area contributed by atoms with Gasteiger partial charge in [0.1, 0.15) is 18.2 Å². The molecule has 0 spiro atoms. The third-order valence-electron chi connectivity index (χ3n) is 6.13. The molecule has 0 saturated carbocycles. The lowest BCUT2D eigenvalue weighted by Crippen LogP contribution is -2.46. The van der Waals surface area contributed by atoms with Crippen LogP contribution in [-0.2, 0) is 4.74 Å². The van der Waals surface area contributed by atoms with Crippen molar-refractivity contribution in [3.8, 4) is 28.5 Å². The maximum absolute atomic E-state index is 15.7. The Bertz CT molecular complexity index is 1390. The van der Waals surface area contributed by atoms with Crippen LogP contribution in [0.15, 0.2) is 30.5 Å². The molecule has 8 nitrogen and oxygen atoms in total. The lowest BCUT2D eigenvalue weighted by Gasteiger charge is -2.35. The van der Waals surface area contributed by atoms with Gasteiger partial charge in [0.2, 0.25) is 0 Å². The number of rotatable bonds is 6. The highest BCUT2D eigenvalue weighted by atomic mass is 35.5. The second kappa shape index (κ2) is 9.49. The van der Waals surface area contributed by atoms with E-state index < -0.39 is 5.82 Å². The van der Waals surface area contributed by atoms with Crippen LogP contribution in [0.1, 0.15) is 13.8 Å². The highest BCUT2D eigenvalue weighted by Crippen LogP contribution is 2.44. The molecular formula is C25H26ClFN4O4. The number of aromatic amines is 1. The molecule has 5 rings (SSSR count). The molecule has 4 aromatic rings. The summed E-state index contributed by atoms with van der Waals surface area (Å²) in [5.74, 6) is 0.111. The van der Waals surface area contributed by atoms with Gasteiger partial charge in [0.15, 0.2) is 17.1 Å². The average Bonchev–Trinajstić information content (AvgIpc) is 3.28. The van der Waals surface area contributed by atoms with E-state index >= 15 is 4.39 Å². The molecular weight excluding hydrogens is 475 g/mol. The van der Waals surface area contributed by atoms with Gasteiger partial charge in [0.05, 0.1) is 41.6 Å². The summed E-state index contributed by atoms with van der Waals surface area (Å²) >= 11 is 6.13. The van der Waals surface area contributed by atoms with Crippen molar-refractivity contribution < 1.29 is 23.7 Å². The first-order chi connectivity index (χ1) is 16.9. The van der Waals surface area contributed by atoms with Gasteiger partial charge in [-0.05, 0) is 32.0 Å². The van der Waals surface area contributed by atoms with Crippen LogP contribution in [0.5, 0.6) is 17.2 Å². The second-order valence-corrected chi connectivity index (χ2v) is 9.17. The number of hydrogen-bond donors (Lipinski definition) is 2. The first kappa shape index (κ1) is 23.6. The molecule has 2 aromatic heterocycles. The van der Waals surface area contributed by atoms with E-state index in [-0.39, 0.29) is 28.4 Å². The average molecular weight is 501 g/mol. The van der Waals surface area contributed by atoms with E-state index in [1.807, 2.05) is 13.8 Å². The number of benzene rings is 2. The molecule has 0 amide bonds. The van der Waals surface area contributed by atoms with E-state index in [1.165, 1.54) is 19.2 Å². The summed E-state index contributed by atoms with van der Waals surface area (Å²) in [6.07, 6.45) is 1.89. The Kier molecular flexibility index (Phi) is 6.39. The number of nitrogens with one attached hydrogen (secondary N) is 1. The normalized spacial score (nSPS) is 18.9. The predicted octanol–water partition coefficient (Wildman–Crippen LogP) is 4.77. The summed E-state index contributed by atoms with van der Waals surface area (Å²) in [6.45, 7) is 6.77. The molecule has 0 aliphatic carbocycles. The first-order valence-corrected chi connectivity index (χ1v) is 11.8. The summed E-state index contributed by atoms with van der Waals surface area (Å²) in [7, 11) is 1.52. The molecule has 0 radical (unpaired) electrons. The van der Waals surface area contributed by atoms with Gasteiger partial charge in [-0.1, -0.05) is 11.6 Å². The van der Waals surface area contributed by atoms with Gasteiger partial charge < -0.3 is 19.3 Å². The Morgan fingerprint density at radius 3 is 2.71 bits per heavy atom. The molecule has 1 fully saturated rings. The molecule has 1 saturated heterocycles. The molecule has 10 heteroatoms. The lowest BCUT2D eigenvalue weighted by molar-refractivity contribution is -0.0699. The number of phenolic OH excluding ortho intramolecular Hbond substituents is 1. The third-order valence-corrected chi connectivity index (χ3v) is 6.43. The quantitative estimate of drug-likeness (QED) is 0.394. The van der Waals surface area contributed by atoms with Crippen molar-refractivity contribution in [2.75, 3.05) is 33.4 Å². The topological polar surface area (TPSA) is 92.7 Å². The molecule has 2 N–H and O–H groups in total. The number of fused-ring (bicyclic) bond motifs is 3. The van der Waals surface area contributed by atoms with Crippen molar-refractivity contribution in [2.24, 2.45) is 0 Å². The van der Waals surface area contributed by atoms with Gasteiger partial charge in [0, 0.05) is 42.0 Å². The number of aromatic nitrogens is 3. The van der Waals surface area contributed by atoms with Gasteiger partial charge in [-0.15, -0.1) is 0 Å². The Labute approximate surface area is 206 Å². The number of halogens is 2. The smallest absolute Gasteiger partial charge is 0.169 e. The van der Waals surface area contributed by atoms with Crippen LogP contribution in [0.25, 0.3) is 33.1 Å². The SMILES string of the molecule is COc1c(OCCN2CC(C)OC(C)C2)cc(F)c2c(-c3ccc(O)c(Cl)c3)nc3[nH]ncc3c12. The van der Waals surface area contributed by atoms with Crippen LogP contribution in [-0.4, -0.2) is 70.7 Å². The van der Waals surface area contributed by atoms with Gasteiger partial charge in [0.25, 0.3) is 0 Å². The second-order valence-electron chi connectivity index (χ2n) is 8.76. The van der Waals surface area contributed by atoms with Crippen molar-refractivity contribution in [2.45, 2.75) is 26.1 Å². The largest absolute Gasteiger partial charge is 0.506 e. The number of pyridine rings is 1. The van der Waals surface area contributed by atoms with Crippen LogP contribution in [0.3, 0.4) is 0 Å². The van der Waals surface area contributed by atoms with Crippen molar-refractivity contribution in [3.63, 3.8) is 0 Å². The minimum Gasteiger partial charge on any atom is -0.506 e. The number of phenols is 1. The minimum absolute atomic E-state index is 0.0693. The standard InChI is InChI=1S/C25H26ClFN4O4/c1-13-11-31(12-14(2)35-13)6-7-34-20-9-18(27)22-21(24(20)33-3)16-10-28-30-25(16)29-23(22)15-4-5-19(32)17(26)8-15/h4-5,8-10,13-14,32H,6-7,11-12H2,1-3H3,(H,28,29,30). The van der Waals surface area contributed by atoms with Crippen molar-refractivity contribution in [3.05, 3.63) is 41.3 Å². The minimum atomic E-state index is -0.515. The predicted molar refractivity (Wildman–Crippen MR) is 132 cm³/mol. The zero-order valence-corrected chi connectivity index (χ0v) is 20.4. The number of ether oxygens (including phenoxy) is 3. The summed E-state index contributed by atoms with van der Waals surface area (Å²) < 4.78 is 33.3.